The molecule has 0 saturated carbocycles. The first-order chi connectivity index (χ1) is 7.31. The summed E-state index contributed by atoms with van der Waals surface area (Å²) >= 11 is 7.74. The standard InChI is InChI=1S/C10H10ClN3S/c11-9-7(5-12)6-13-10(14-9)8-3-1-2-4-15-8/h6,8H,1-4H2. The summed E-state index contributed by atoms with van der Waals surface area (Å²) in [7, 11) is 0. The molecule has 1 aromatic heterocycles. The summed E-state index contributed by atoms with van der Waals surface area (Å²) in [5, 5.41) is 9.32. The Kier molecular flexibility index (Phi) is 3.45. The van der Waals surface area contributed by atoms with Crippen LogP contribution in [0.2, 0.25) is 5.15 Å². The summed E-state index contributed by atoms with van der Waals surface area (Å²) in [5.74, 6) is 1.93. The molecule has 2 rings (SSSR count). The van der Waals surface area contributed by atoms with E-state index in [-0.39, 0.29) is 5.15 Å². The number of thioether (sulfide) groups is 1. The van der Waals surface area contributed by atoms with E-state index in [0.29, 0.717) is 10.8 Å². The summed E-state index contributed by atoms with van der Waals surface area (Å²) < 4.78 is 0. The van der Waals surface area contributed by atoms with Crippen LogP contribution in [-0.2, 0) is 0 Å². The van der Waals surface area contributed by atoms with Crippen LogP contribution < -0.4 is 0 Å². The van der Waals surface area contributed by atoms with Crippen LogP contribution in [0.5, 0.6) is 0 Å². The molecule has 0 N–H and O–H groups in total. The number of aromatic nitrogens is 2. The van der Waals surface area contributed by atoms with E-state index in [1.807, 2.05) is 17.8 Å². The molecule has 1 aliphatic rings. The molecule has 0 aromatic carbocycles. The Bertz CT molecular complexity index is 396. The van der Waals surface area contributed by atoms with Crippen LogP contribution in [0.15, 0.2) is 6.20 Å². The Morgan fingerprint density at radius 2 is 2.40 bits per heavy atom. The van der Waals surface area contributed by atoms with E-state index in [1.54, 1.807) is 0 Å². The fourth-order valence-corrected chi connectivity index (χ4v) is 2.98. The zero-order chi connectivity index (χ0) is 10.7. The van der Waals surface area contributed by atoms with Gasteiger partial charge >= 0.3 is 0 Å². The third-order valence-corrected chi connectivity index (χ3v) is 4.01. The predicted molar refractivity (Wildman–Crippen MR) is 60.8 cm³/mol. The Hall–Kier alpha value is -0.790. The van der Waals surface area contributed by atoms with Crippen LogP contribution in [0.4, 0.5) is 0 Å². The summed E-state index contributed by atoms with van der Waals surface area (Å²) in [4.78, 5) is 8.37. The number of hydrogen-bond acceptors (Lipinski definition) is 4. The lowest BCUT2D eigenvalue weighted by molar-refractivity contribution is 0.662. The molecule has 2 heterocycles. The number of rotatable bonds is 1. The van der Waals surface area contributed by atoms with E-state index >= 15 is 0 Å². The van der Waals surface area contributed by atoms with Crippen molar-refractivity contribution in [1.29, 1.82) is 5.26 Å². The van der Waals surface area contributed by atoms with Gasteiger partial charge in [-0.1, -0.05) is 18.0 Å². The molecular weight excluding hydrogens is 230 g/mol. The van der Waals surface area contributed by atoms with Crippen molar-refractivity contribution in [2.75, 3.05) is 5.75 Å². The zero-order valence-corrected chi connectivity index (χ0v) is 9.68. The minimum Gasteiger partial charge on any atom is -0.239 e. The van der Waals surface area contributed by atoms with Gasteiger partial charge in [0.25, 0.3) is 0 Å². The Morgan fingerprint density at radius 1 is 1.53 bits per heavy atom. The smallest absolute Gasteiger partial charge is 0.150 e. The Labute approximate surface area is 97.9 Å². The molecule has 1 aliphatic heterocycles. The number of nitriles is 1. The van der Waals surface area contributed by atoms with Gasteiger partial charge in [-0.2, -0.15) is 17.0 Å². The second-order valence-electron chi connectivity index (χ2n) is 3.40. The number of hydrogen-bond donors (Lipinski definition) is 0. The predicted octanol–water partition coefficient (Wildman–Crippen LogP) is 2.96. The van der Waals surface area contributed by atoms with Crippen LogP contribution in [0.3, 0.4) is 0 Å². The molecule has 0 bridgehead atoms. The van der Waals surface area contributed by atoms with Gasteiger partial charge in [0.05, 0.1) is 5.25 Å². The van der Waals surface area contributed by atoms with Crippen molar-refractivity contribution in [3.8, 4) is 6.07 Å². The van der Waals surface area contributed by atoms with Crippen molar-refractivity contribution in [1.82, 2.24) is 9.97 Å². The molecule has 0 radical (unpaired) electrons. The minimum atomic E-state index is 0.272. The SMILES string of the molecule is N#Cc1cnc(C2CCCCS2)nc1Cl. The first-order valence-corrected chi connectivity index (χ1v) is 6.28. The van der Waals surface area contributed by atoms with Gasteiger partial charge in [-0.25, -0.2) is 9.97 Å². The van der Waals surface area contributed by atoms with Gasteiger partial charge < -0.3 is 0 Å². The fourth-order valence-electron chi connectivity index (χ4n) is 1.55. The maximum Gasteiger partial charge on any atom is 0.150 e. The van der Waals surface area contributed by atoms with Crippen molar-refractivity contribution in [3.05, 3.63) is 22.7 Å². The first kappa shape index (κ1) is 10.7. The van der Waals surface area contributed by atoms with Crippen LogP contribution in [0.1, 0.15) is 35.9 Å². The van der Waals surface area contributed by atoms with Gasteiger partial charge in [0.1, 0.15) is 17.5 Å². The quantitative estimate of drug-likeness (QED) is 0.707. The maximum absolute atomic E-state index is 8.70. The topological polar surface area (TPSA) is 49.6 Å². The molecule has 0 spiro atoms. The lowest BCUT2D eigenvalue weighted by Gasteiger charge is -2.19. The number of nitrogens with zero attached hydrogens (tertiary/aromatic N) is 3. The molecule has 0 aliphatic carbocycles. The molecule has 15 heavy (non-hydrogen) atoms. The highest BCUT2D eigenvalue weighted by Crippen LogP contribution is 2.36. The van der Waals surface area contributed by atoms with Crippen molar-refractivity contribution in [2.45, 2.75) is 24.5 Å². The van der Waals surface area contributed by atoms with Gasteiger partial charge in [0.2, 0.25) is 0 Å². The second-order valence-corrected chi connectivity index (χ2v) is 5.07. The van der Waals surface area contributed by atoms with Gasteiger partial charge in [-0.05, 0) is 18.6 Å². The molecule has 3 nitrogen and oxygen atoms in total. The molecule has 1 unspecified atom stereocenters. The third kappa shape index (κ3) is 2.42. The zero-order valence-electron chi connectivity index (χ0n) is 8.11. The largest absolute Gasteiger partial charge is 0.239 e. The average Bonchev–Trinajstić information content (AvgIpc) is 2.30. The van der Waals surface area contributed by atoms with Gasteiger partial charge in [-0.3, -0.25) is 0 Å². The highest BCUT2D eigenvalue weighted by molar-refractivity contribution is 7.99. The average molecular weight is 240 g/mol. The minimum absolute atomic E-state index is 0.272. The molecule has 5 heteroatoms. The molecule has 1 atom stereocenters. The van der Waals surface area contributed by atoms with E-state index in [1.165, 1.54) is 19.0 Å². The lowest BCUT2D eigenvalue weighted by Crippen LogP contribution is -2.07. The Morgan fingerprint density at radius 3 is 3.00 bits per heavy atom. The van der Waals surface area contributed by atoms with E-state index in [2.05, 4.69) is 9.97 Å². The van der Waals surface area contributed by atoms with Gasteiger partial charge in [0, 0.05) is 6.20 Å². The molecule has 0 amide bonds. The van der Waals surface area contributed by atoms with E-state index < -0.39 is 0 Å². The van der Waals surface area contributed by atoms with Crippen LogP contribution in [0.25, 0.3) is 0 Å². The van der Waals surface area contributed by atoms with Crippen molar-refractivity contribution >= 4 is 23.4 Å². The van der Waals surface area contributed by atoms with E-state index in [9.17, 15) is 0 Å². The first-order valence-electron chi connectivity index (χ1n) is 4.85. The van der Waals surface area contributed by atoms with Crippen LogP contribution in [-0.4, -0.2) is 15.7 Å². The van der Waals surface area contributed by atoms with Crippen molar-refractivity contribution in [3.63, 3.8) is 0 Å². The second kappa shape index (κ2) is 4.82. The summed E-state index contributed by atoms with van der Waals surface area (Å²) in [6, 6.07) is 1.96. The lowest BCUT2D eigenvalue weighted by atomic mass is 10.2. The van der Waals surface area contributed by atoms with Crippen LogP contribution in [0, 0.1) is 11.3 Å². The molecule has 1 fully saturated rings. The normalized spacial score (nSPS) is 20.9. The van der Waals surface area contributed by atoms with E-state index in [0.717, 1.165) is 18.0 Å². The molecule has 78 valence electrons. The fraction of sp³-hybridized carbons (Fsp3) is 0.500. The molecule has 1 saturated heterocycles. The van der Waals surface area contributed by atoms with Gasteiger partial charge in [-0.15, -0.1) is 0 Å². The maximum atomic E-state index is 8.70. The Balaban J connectivity index is 2.22. The van der Waals surface area contributed by atoms with Gasteiger partial charge in [0.15, 0.2) is 5.15 Å². The summed E-state index contributed by atoms with van der Waals surface area (Å²) in [6.45, 7) is 0. The molecule has 1 aromatic rings. The summed E-state index contributed by atoms with van der Waals surface area (Å²) in [5.41, 5.74) is 0.348. The summed E-state index contributed by atoms with van der Waals surface area (Å²) in [6.07, 6.45) is 5.11. The highest BCUT2D eigenvalue weighted by atomic mass is 35.5. The van der Waals surface area contributed by atoms with Crippen LogP contribution >= 0.6 is 23.4 Å². The highest BCUT2D eigenvalue weighted by Gasteiger charge is 2.19. The van der Waals surface area contributed by atoms with Crippen molar-refractivity contribution < 1.29 is 0 Å². The molecular formula is C10H10ClN3S. The van der Waals surface area contributed by atoms with Crippen molar-refractivity contribution in [2.24, 2.45) is 0 Å². The monoisotopic (exact) mass is 239 g/mol. The third-order valence-electron chi connectivity index (χ3n) is 2.35. The van der Waals surface area contributed by atoms with E-state index in [4.69, 9.17) is 16.9 Å². The number of halogens is 1.